The van der Waals surface area contributed by atoms with Crippen molar-refractivity contribution in [2.75, 3.05) is 18.5 Å². The molecule has 0 saturated carbocycles. The van der Waals surface area contributed by atoms with Gasteiger partial charge in [0.1, 0.15) is 6.54 Å². The van der Waals surface area contributed by atoms with E-state index in [4.69, 9.17) is 16.3 Å². The number of amides is 2. The molecule has 130 valence electrons. The second-order valence-electron chi connectivity index (χ2n) is 4.88. The fourth-order valence-corrected chi connectivity index (χ4v) is 2.68. The van der Waals surface area contributed by atoms with Crippen molar-refractivity contribution in [3.05, 3.63) is 62.7 Å². The average Bonchev–Trinajstić information content (AvgIpc) is 2.58. The molecule has 0 aromatic heterocycles. The van der Waals surface area contributed by atoms with Crippen LogP contribution in [0.3, 0.4) is 0 Å². The predicted molar refractivity (Wildman–Crippen MR) is 103 cm³/mol. The van der Waals surface area contributed by atoms with Crippen molar-refractivity contribution in [1.29, 1.82) is 0 Å². The van der Waals surface area contributed by atoms with E-state index in [1.807, 2.05) is 28.7 Å². The normalized spacial score (nSPS) is 10.0. The molecule has 0 radical (unpaired) electrons. The Morgan fingerprint density at radius 1 is 1.08 bits per heavy atom. The van der Waals surface area contributed by atoms with Crippen LogP contribution >= 0.6 is 34.2 Å². The Labute approximate surface area is 163 Å². The van der Waals surface area contributed by atoms with Crippen LogP contribution in [0.25, 0.3) is 0 Å². The minimum Gasteiger partial charge on any atom is -0.454 e. The summed E-state index contributed by atoms with van der Waals surface area (Å²) in [5.74, 6) is -1.59. The predicted octanol–water partition coefficient (Wildman–Crippen LogP) is 2.86. The zero-order valence-corrected chi connectivity index (χ0v) is 15.8. The summed E-state index contributed by atoms with van der Waals surface area (Å²) in [6.45, 7) is -0.779. The maximum absolute atomic E-state index is 12.0. The van der Waals surface area contributed by atoms with Gasteiger partial charge in [-0.25, -0.2) is 0 Å². The van der Waals surface area contributed by atoms with E-state index in [2.05, 4.69) is 10.6 Å². The average molecular weight is 473 g/mol. The number of benzene rings is 2. The fourth-order valence-electron chi connectivity index (χ4n) is 1.85. The first kappa shape index (κ1) is 19.2. The highest BCUT2D eigenvalue weighted by Crippen LogP contribution is 2.14. The first-order chi connectivity index (χ1) is 12.0. The summed E-state index contributed by atoms with van der Waals surface area (Å²) < 4.78 is 5.59. The van der Waals surface area contributed by atoms with Crippen LogP contribution in [-0.2, 0) is 14.3 Å². The first-order valence-corrected chi connectivity index (χ1v) is 8.65. The van der Waals surface area contributed by atoms with E-state index in [1.165, 1.54) is 0 Å². The van der Waals surface area contributed by atoms with Gasteiger partial charge in [0.05, 0.1) is 5.56 Å². The molecule has 0 unspecified atom stereocenters. The van der Waals surface area contributed by atoms with Crippen LogP contribution < -0.4 is 10.6 Å². The molecule has 0 fully saturated rings. The third-order valence-corrected chi connectivity index (χ3v) is 4.16. The molecule has 2 aromatic rings. The van der Waals surface area contributed by atoms with Gasteiger partial charge in [-0.2, -0.15) is 0 Å². The third-order valence-electron chi connectivity index (χ3n) is 2.98. The van der Waals surface area contributed by atoms with Crippen molar-refractivity contribution < 1.29 is 19.1 Å². The molecular weight excluding hydrogens is 459 g/mol. The van der Waals surface area contributed by atoms with E-state index in [0.29, 0.717) is 16.3 Å². The zero-order chi connectivity index (χ0) is 18.2. The molecule has 2 amide bonds. The molecule has 6 nitrogen and oxygen atoms in total. The molecule has 2 rings (SSSR count). The summed E-state index contributed by atoms with van der Waals surface area (Å²) in [6.07, 6.45) is 0. The number of anilines is 1. The smallest absolute Gasteiger partial charge is 0.325 e. The first-order valence-electron chi connectivity index (χ1n) is 7.19. The highest BCUT2D eigenvalue weighted by molar-refractivity contribution is 14.1. The molecule has 2 aromatic carbocycles. The number of carbonyl (C=O) groups excluding carboxylic acids is 3. The lowest BCUT2D eigenvalue weighted by Crippen LogP contribution is -2.32. The molecule has 8 heteroatoms. The number of hydrogen-bond donors (Lipinski definition) is 2. The second kappa shape index (κ2) is 9.38. The Morgan fingerprint density at radius 3 is 2.56 bits per heavy atom. The summed E-state index contributed by atoms with van der Waals surface area (Å²) >= 11 is 7.84. The van der Waals surface area contributed by atoms with Gasteiger partial charge in [-0.05, 0) is 52.9 Å². The summed E-state index contributed by atoms with van der Waals surface area (Å²) in [6, 6.07) is 13.6. The van der Waals surface area contributed by atoms with Gasteiger partial charge in [0.2, 0.25) is 0 Å². The molecule has 0 heterocycles. The van der Waals surface area contributed by atoms with Crippen molar-refractivity contribution >= 4 is 57.7 Å². The molecule has 0 aliphatic rings. The summed E-state index contributed by atoms with van der Waals surface area (Å²) in [5, 5.41) is 5.48. The van der Waals surface area contributed by atoms with Gasteiger partial charge in [-0.1, -0.05) is 29.8 Å². The van der Waals surface area contributed by atoms with Crippen molar-refractivity contribution in [3.63, 3.8) is 0 Å². The number of hydrogen-bond acceptors (Lipinski definition) is 4. The van der Waals surface area contributed by atoms with Crippen molar-refractivity contribution in [2.45, 2.75) is 0 Å². The number of nitrogens with one attached hydrogen (secondary N) is 2. The summed E-state index contributed by atoms with van der Waals surface area (Å²) in [4.78, 5) is 35.3. The van der Waals surface area contributed by atoms with Gasteiger partial charge in [0.15, 0.2) is 6.61 Å². The van der Waals surface area contributed by atoms with E-state index in [1.54, 1.807) is 42.5 Å². The van der Waals surface area contributed by atoms with Crippen LogP contribution in [-0.4, -0.2) is 30.9 Å². The van der Waals surface area contributed by atoms with Gasteiger partial charge in [0.25, 0.3) is 11.8 Å². The summed E-state index contributed by atoms with van der Waals surface area (Å²) in [5.41, 5.74) is 0.968. The Morgan fingerprint density at radius 2 is 1.84 bits per heavy atom. The minimum absolute atomic E-state index is 0.325. The lowest BCUT2D eigenvalue weighted by molar-refractivity contribution is -0.146. The van der Waals surface area contributed by atoms with Crippen LogP contribution in [0, 0.1) is 3.57 Å². The Bertz CT molecular complexity index is 798. The highest BCUT2D eigenvalue weighted by atomic mass is 127. The number of esters is 1. The number of ether oxygens (including phenoxy) is 1. The highest BCUT2D eigenvalue weighted by Gasteiger charge is 2.12. The topological polar surface area (TPSA) is 84.5 Å². The van der Waals surface area contributed by atoms with Crippen LogP contribution in [0.1, 0.15) is 10.4 Å². The summed E-state index contributed by atoms with van der Waals surface area (Å²) in [7, 11) is 0. The van der Waals surface area contributed by atoms with Crippen LogP contribution in [0.4, 0.5) is 5.69 Å². The van der Waals surface area contributed by atoms with E-state index in [-0.39, 0.29) is 12.5 Å². The largest absolute Gasteiger partial charge is 0.454 e. The van der Waals surface area contributed by atoms with Crippen molar-refractivity contribution in [1.82, 2.24) is 5.32 Å². The van der Waals surface area contributed by atoms with Gasteiger partial charge >= 0.3 is 5.97 Å². The van der Waals surface area contributed by atoms with Crippen LogP contribution in [0.15, 0.2) is 48.5 Å². The molecule has 0 atom stereocenters. The number of carbonyl (C=O) groups is 3. The maximum atomic E-state index is 12.0. The molecule has 0 spiro atoms. The van der Waals surface area contributed by atoms with Crippen LogP contribution in [0.2, 0.25) is 5.02 Å². The SMILES string of the molecule is O=C(COC(=O)CNC(=O)c1ccccc1I)Nc1cccc(Cl)c1. The monoisotopic (exact) mass is 472 g/mol. The molecule has 2 N–H and O–H groups in total. The zero-order valence-electron chi connectivity index (χ0n) is 12.9. The van der Waals surface area contributed by atoms with Crippen LogP contribution in [0.5, 0.6) is 0 Å². The fraction of sp³-hybridized carbons (Fsp3) is 0.118. The van der Waals surface area contributed by atoms with E-state index in [0.717, 1.165) is 3.57 Å². The Hall–Kier alpha value is -2.13. The maximum Gasteiger partial charge on any atom is 0.325 e. The van der Waals surface area contributed by atoms with Gasteiger partial charge in [-0.15, -0.1) is 0 Å². The van der Waals surface area contributed by atoms with Gasteiger partial charge in [0, 0.05) is 14.3 Å². The number of rotatable bonds is 6. The molecular formula is C17H14ClIN2O4. The second-order valence-corrected chi connectivity index (χ2v) is 6.48. The lowest BCUT2D eigenvalue weighted by atomic mass is 10.2. The molecule has 0 bridgehead atoms. The van der Waals surface area contributed by atoms with Gasteiger partial charge < -0.3 is 15.4 Å². The van der Waals surface area contributed by atoms with Crippen molar-refractivity contribution in [3.8, 4) is 0 Å². The molecule has 0 aliphatic heterocycles. The van der Waals surface area contributed by atoms with Crippen molar-refractivity contribution in [2.24, 2.45) is 0 Å². The molecule has 0 saturated heterocycles. The minimum atomic E-state index is -0.708. The van der Waals surface area contributed by atoms with E-state index < -0.39 is 18.5 Å². The van der Waals surface area contributed by atoms with E-state index >= 15 is 0 Å². The van der Waals surface area contributed by atoms with Gasteiger partial charge in [-0.3, -0.25) is 14.4 Å². The number of halogens is 2. The standard InChI is InChI=1S/C17H14ClIN2O4/c18-11-4-3-5-12(8-11)21-15(22)10-25-16(23)9-20-17(24)13-6-1-2-7-14(13)19/h1-8H,9-10H2,(H,20,24)(H,21,22). The third kappa shape index (κ3) is 6.35. The Balaban J connectivity index is 1.74. The molecule has 25 heavy (non-hydrogen) atoms. The van der Waals surface area contributed by atoms with E-state index in [9.17, 15) is 14.4 Å². The molecule has 0 aliphatic carbocycles. The Kier molecular flexibility index (Phi) is 7.20. The quantitative estimate of drug-likeness (QED) is 0.500. The lowest BCUT2D eigenvalue weighted by Gasteiger charge is -2.08.